The van der Waals surface area contributed by atoms with Crippen LogP contribution in [0, 0.1) is 5.82 Å². The van der Waals surface area contributed by atoms with E-state index >= 15 is 0 Å². The van der Waals surface area contributed by atoms with Crippen molar-refractivity contribution in [3.05, 3.63) is 64.4 Å². The fraction of sp³-hybridized carbons (Fsp3) is 0.318. The zero-order valence-corrected chi connectivity index (χ0v) is 17.8. The lowest BCUT2D eigenvalue weighted by Gasteiger charge is -2.35. The highest BCUT2D eigenvalue weighted by Crippen LogP contribution is 2.20. The van der Waals surface area contributed by atoms with E-state index in [1.54, 1.807) is 34.1 Å². The highest BCUT2D eigenvalue weighted by atomic mass is 35.5. The molecule has 9 heteroatoms. The summed E-state index contributed by atoms with van der Waals surface area (Å²) in [7, 11) is 0. The van der Waals surface area contributed by atoms with Gasteiger partial charge in [-0.05, 0) is 49.4 Å². The first kappa shape index (κ1) is 22.6. The molecule has 1 aliphatic heterocycles. The molecule has 1 N–H and O–H groups in total. The third-order valence-electron chi connectivity index (χ3n) is 4.91. The van der Waals surface area contributed by atoms with Crippen molar-refractivity contribution in [2.24, 2.45) is 0 Å². The van der Waals surface area contributed by atoms with Crippen molar-refractivity contribution in [3.63, 3.8) is 0 Å². The molecule has 1 saturated heterocycles. The molecule has 0 atom stereocenters. The molecule has 0 bridgehead atoms. The Morgan fingerprint density at radius 3 is 2.29 bits per heavy atom. The zero-order valence-electron chi connectivity index (χ0n) is 17.1. The van der Waals surface area contributed by atoms with Crippen LogP contribution in [-0.4, -0.2) is 66.9 Å². The van der Waals surface area contributed by atoms with Crippen LogP contribution in [-0.2, 0) is 4.79 Å². The average molecular weight is 448 g/mol. The molecular weight excluding hydrogens is 425 g/mol. The van der Waals surface area contributed by atoms with Crippen LogP contribution in [0.25, 0.3) is 0 Å². The first-order valence-electron chi connectivity index (χ1n) is 9.92. The molecule has 3 rings (SSSR count). The highest BCUT2D eigenvalue weighted by Gasteiger charge is 2.26. The Bertz CT molecular complexity index is 960. The second-order valence-corrected chi connectivity index (χ2v) is 7.34. The first-order chi connectivity index (χ1) is 14.9. The minimum Gasteiger partial charge on any atom is -0.494 e. The number of amides is 3. The quantitative estimate of drug-likeness (QED) is 0.738. The second kappa shape index (κ2) is 10.3. The van der Waals surface area contributed by atoms with E-state index in [9.17, 15) is 18.8 Å². The summed E-state index contributed by atoms with van der Waals surface area (Å²) in [5, 5.41) is 2.67. The third kappa shape index (κ3) is 5.73. The Hall–Kier alpha value is -3.13. The maximum Gasteiger partial charge on any atom is 0.255 e. The molecule has 0 aliphatic carbocycles. The molecule has 0 aromatic heterocycles. The van der Waals surface area contributed by atoms with Gasteiger partial charge in [-0.3, -0.25) is 14.4 Å². The Labute approximate surface area is 184 Å². The van der Waals surface area contributed by atoms with Gasteiger partial charge in [0.2, 0.25) is 5.91 Å². The van der Waals surface area contributed by atoms with Crippen LogP contribution in [0.2, 0.25) is 5.02 Å². The largest absolute Gasteiger partial charge is 0.494 e. The fourth-order valence-electron chi connectivity index (χ4n) is 3.23. The monoisotopic (exact) mass is 447 g/mol. The number of carbonyl (C=O) groups excluding carboxylic acids is 3. The topological polar surface area (TPSA) is 79.0 Å². The molecule has 2 aromatic carbocycles. The van der Waals surface area contributed by atoms with Gasteiger partial charge in [0.25, 0.3) is 11.8 Å². The molecule has 3 amide bonds. The van der Waals surface area contributed by atoms with Gasteiger partial charge in [-0.25, -0.2) is 4.39 Å². The van der Waals surface area contributed by atoms with Crippen LogP contribution in [0.1, 0.15) is 27.6 Å². The number of rotatable bonds is 6. The Morgan fingerprint density at radius 1 is 1.03 bits per heavy atom. The average Bonchev–Trinajstić information content (AvgIpc) is 2.77. The van der Waals surface area contributed by atoms with Crippen molar-refractivity contribution in [1.29, 1.82) is 0 Å². The number of hydrogen-bond acceptors (Lipinski definition) is 4. The van der Waals surface area contributed by atoms with E-state index in [-0.39, 0.29) is 34.9 Å². The van der Waals surface area contributed by atoms with Crippen LogP contribution < -0.4 is 10.1 Å². The van der Waals surface area contributed by atoms with Gasteiger partial charge in [0.1, 0.15) is 11.6 Å². The van der Waals surface area contributed by atoms with Gasteiger partial charge >= 0.3 is 0 Å². The van der Waals surface area contributed by atoms with Crippen molar-refractivity contribution < 1.29 is 23.5 Å². The molecule has 1 heterocycles. The minimum atomic E-state index is -0.510. The number of benzene rings is 2. The number of piperazine rings is 1. The molecule has 1 aliphatic rings. The third-order valence-corrected chi connectivity index (χ3v) is 5.22. The smallest absolute Gasteiger partial charge is 0.255 e. The lowest BCUT2D eigenvalue weighted by atomic mass is 10.1. The number of ether oxygens (including phenoxy) is 1. The molecule has 164 valence electrons. The molecule has 0 saturated carbocycles. The molecule has 7 nitrogen and oxygen atoms in total. The highest BCUT2D eigenvalue weighted by molar-refractivity contribution is 6.33. The van der Waals surface area contributed by atoms with Crippen LogP contribution in [0.5, 0.6) is 5.75 Å². The Morgan fingerprint density at radius 2 is 1.68 bits per heavy atom. The predicted molar refractivity (Wildman–Crippen MR) is 114 cm³/mol. The van der Waals surface area contributed by atoms with E-state index in [4.69, 9.17) is 16.3 Å². The lowest BCUT2D eigenvalue weighted by Crippen LogP contribution is -2.52. The van der Waals surface area contributed by atoms with E-state index in [0.29, 0.717) is 44.1 Å². The maximum atomic E-state index is 13.2. The van der Waals surface area contributed by atoms with Gasteiger partial charge in [-0.15, -0.1) is 0 Å². The van der Waals surface area contributed by atoms with Crippen molar-refractivity contribution in [2.75, 3.05) is 39.3 Å². The second-order valence-electron chi connectivity index (χ2n) is 6.94. The SMILES string of the molecule is CCOc1ccc(C(=O)NCC(=O)N2CCN(C(=O)c3ccc(F)cc3Cl)CC2)cc1. The van der Waals surface area contributed by atoms with Gasteiger partial charge in [0.15, 0.2) is 0 Å². The van der Waals surface area contributed by atoms with Crippen molar-refractivity contribution in [1.82, 2.24) is 15.1 Å². The van der Waals surface area contributed by atoms with Crippen LogP contribution in [0.4, 0.5) is 4.39 Å². The molecule has 0 spiro atoms. The summed E-state index contributed by atoms with van der Waals surface area (Å²) < 4.78 is 18.5. The molecule has 2 aromatic rings. The van der Waals surface area contributed by atoms with E-state index in [1.807, 2.05) is 6.92 Å². The fourth-order valence-corrected chi connectivity index (χ4v) is 3.48. The summed E-state index contributed by atoms with van der Waals surface area (Å²) in [5.74, 6) is -0.725. The van der Waals surface area contributed by atoms with E-state index < -0.39 is 5.82 Å². The zero-order chi connectivity index (χ0) is 22.4. The van der Waals surface area contributed by atoms with E-state index in [2.05, 4.69) is 5.32 Å². The summed E-state index contributed by atoms with van der Waals surface area (Å²) in [6, 6.07) is 10.3. The van der Waals surface area contributed by atoms with Crippen LogP contribution in [0.3, 0.4) is 0 Å². The molecular formula is C22H23ClFN3O4. The van der Waals surface area contributed by atoms with Gasteiger partial charge in [0, 0.05) is 31.7 Å². The summed E-state index contributed by atoms with van der Waals surface area (Å²) in [6.45, 7) is 3.60. The standard InChI is InChI=1S/C22H23ClFN3O4/c1-2-31-17-6-3-15(4-7-17)21(29)25-14-20(28)26-9-11-27(12-10-26)22(30)18-8-5-16(24)13-19(18)23/h3-8,13H,2,9-12,14H2,1H3,(H,25,29). The van der Waals surface area contributed by atoms with Crippen LogP contribution in [0.15, 0.2) is 42.5 Å². The normalized spacial score (nSPS) is 13.6. The number of carbonyl (C=O) groups is 3. The lowest BCUT2D eigenvalue weighted by molar-refractivity contribution is -0.131. The van der Waals surface area contributed by atoms with Crippen molar-refractivity contribution >= 4 is 29.3 Å². The van der Waals surface area contributed by atoms with Gasteiger partial charge in [-0.2, -0.15) is 0 Å². The summed E-state index contributed by atoms with van der Waals surface area (Å²) >= 11 is 5.97. The number of nitrogens with zero attached hydrogens (tertiary/aromatic N) is 2. The van der Waals surface area contributed by atoms with E-state index in [0.717, 1.165) is 6.07 Å². The van der Waals surface area contributed by atoms with Crippen molar-refractivity contribution in [3.8, 4) is 5.75 Å². The first-order valence-corrected chi connectivity index (χ1v) is 10.3. The number of nitrogens with one attached hydrogen (secondary N) is 1. The molecule has 0 radical (unpaired) electrons. The Kier molecular flexibility index (Phi) is 7.46. The van der Waals surface area contributed by atoms with E-state index in [1.165, 1.54) is 12.1 Å². The maximum absolute atomic E-state index is 13.2. The van der Waals surface area contributed by atoms with Gasteiger partial charge < -0.3 is 19.9 Å². The summed E-state index contributed by atoms with van der Waals surface area (Å²) in [5.41, 5.74) is 0.660. The van der Waals surface area contributed by atoms with Crippen molar-refractivity contribution in [2.45, 2.75) is 6.92 Å². The number of hydrogen-bond donors (Lipinski definition) is 1. The predicted octanol–water partition coefficient (Wildman–Crippen LogP) is 2.59. The Balaban J connectivity index is 1.47. The van der Waals surface area contributed by atoms with Crippen LogP contribution >= 0.6 is 11.6 Å². The van der Waals surface area contributed by atoms with Gasteiger partial charge in [0.05, 0.1) is 23.7 Å². The summed E-state index contributed by atoms with van der Waals surface area (Å²) in [6.07, 6.45) is 0. The number of halogens is 2. The minimum absolute atomic E-state index is 0.0560. The summed E-state index contributed by atoms with van der Waals surface area (Å²) in [4.78, 5) is 40.4. The van der Waals surface area contributed by atoms with Gasteiger partial charge in [-0.1, -0.05) is 11.6 Å². The molecule has 31 heavy (non-hydrogen) atoms. The molecule has 1 fully saturated rings. The molecule has 0 unspecified atom stereocenters.